The van der Waals surface area contributed by atoms with Crippen LogP contribution in [0.5, 0.6) is 0 Å². The minimum absolute atomic E-state index is 0.147. The number of carbonyl (C=O) groups excluding carboxylic acids is 2. The molecule has 0 aromatic carbocycles. The summed E-state index contributed by atoms with van der Waals surface area (Å²) >= 11 is 4.10. The molecule has 2 amide bonds. The van der Waals surface area contributed by atoms with E-state index in [0.717, 1.165) is 35.4 Å². The average molecular weight is 414 g/mol. The number of thioether (sulfide) groups is 1. The van der Waals surface area contributed by atoms with Crippen LogP contribution in [0.25, 0.3) is 0 Å². The highest BCUT2D eigenvalue weighted by atomic mass is 32.2. The Morgan fingerprint density at radius 1 is 1.42 bits per heavy atom. The van der Waals surface area contributed by atoms with Crippen molar-refractivity contribution in [3.8, 4) is 0 Å². The van der Waals surface area contributed by atoms with Crippen LogP contribution in [0.15, 0.2) is 9.72 Å². The third-order valence-electron chi connectivity index (χ3n) is 3.81. The lowest BCUT2D eigenvalue weighted by Gasteiger charge is -2.18. The zero-order valence-corrected chi connectivity index (χ0v) is 16.6. The number of primary amides is 1. The van der Waals surface area contributed by atoms with E-state index in [1.165, 1.54) is 34.4 Å². The maximum atomic E-state index is 12.2. The van der Waals surface area contributed by atoms with Gasteiger partial charge in [0, 0.05) is 24.5 Å². The Balaban J connectivity index is 1.52. The molecular formula is C15H19N5O3S3. The van der Waals surface area contributed by atoms with Gasteiger partial charge in [0.2, 0.25) is 16.9 Å². The second-order valence-corrected chi connectivity index (χ2v) is 9.28. The Bertz CT molecular complexity index is 772. The van der Waals surface area contributed by atoms with Gasteiger partial charge in [0.25, 0.3) is 0 Å². The summed E-state index contributed by atoms with van der Waals surface area (Å²) in [5.74, 6) is -0.220. The first-order chi connectivity index (χ1) is 12.5. The van der Waals surface area contributed by atoms with Crippen LogP contribution in [0, 0.1) is 0 Å². The summed E-state index contributed by atoms with van der Waals surface area (Å²) < 4.78 is 6.07. The minimum Gasteiger partial charge on any atom is -0.381 e. The molecule has 1 aliphatic rings. The number of aromatic nitrogens is 3. The number of nitrogens with zero attached hydrogens (tertiary/aromatic N) is 3. The van der Waals surface area contributed by atoms with Crippen LogP contribution in [0.2, 0.25) is 0 Å². The van der Waals surface area contributed by atoms with Crippen molar-refractivity contribution in [3.63, 3.8) is 0 Å². The normalized spacial score (nSPS) is 16.3. The highest BCUT2D eigenvalue weighted by Crippen LogP contribution is 2.31. The molecule has 11 heteroatoms. The van der Waals surface area contributed by atoms with Gasteiger partial charge in [-0.2, -0.15) is 0 Å². The van der Waals surface area contributed by atoms with E-state index in [2.05, 4.69) is 20.5 Å². The molecule has 3 rings (SSSR count). The van der Waals surface area contributed by atoms with Crippen LogP contribution < -0.4 is 11.1 Å². The lowest BCUT2D eigenvalue weighted by atomic mass is 10.0. The topological polar surface area (TPSA) is 120 Å². The average Bonchev–Trinajstić information content (AvgIpc) is 3.25. The van der Waals surface area contributed by atoms with Gasteiger partial charge in [0.15, 0.2) is 4.34 Å². The van der Waals surface area contributed by atoms with Gasteiger partial charge in [-0.3, -0.25) is 9.59 Å². The molecule has 1 aliphatic heterocycles. The fourth-order valence-corrected chi connectivity index (χ4v) is 5.22. The van der Waals surface area contributed by atoms with Gasteiger partial charge < -0.3 is 15.8 Å². The van der Waals surface area contributed by atoms with Gasteiger partial charge in [-0.15, -0.1) is 21.5 Å². The van der Waals surface area contributed by atoms with Crippen molar-refractivity contribution >= 4 is 51.4 Å². The summed E-state index contributed by atoms with van der Waals surface area (Å²) in [5, 5.41) is 13.9. The summed E-state index contributed by atoms with van der Waals surface area (Å²) in [6.45, 7) is 3.21. The van der Waals surface area contributed by atoms with Crippen LogP contribution in [-0.4, -0.2) is 45.5 Å². The second-order valence-electron chi connectivity index (χ2n) is 5.82. The van der Waals surface area contributed by atoms with Gasteiger partial charge >= 0.3 is 0 Å². The first kappa shape index (κ1) is 19.2. The fourth-order valence-electron chi connectivity index (χ4n) is 2.36. The van der Waals surface area contributed by atoms with Crippen LogP contribution >= 0.6 is 34.4 Å². The van der Waals surface area contributed by atoms with E-state index in [-0.39, 0.29) is 23.5 Å². The molecule has 1 fully saturated rings. The van der Waals surface area contributed by atoms with Crippen LogP contribution in [0.3, 0.4) is 0 Å². The molecule has 2 aromatic heterocycles. The van der Waals surface area contributed by atoms with Gasteiger partial charge in [-0.1, -0.05) is 23.1 Å². The molecule has 0 aliphatic carbocycles. The number of hydrogen-bond donors (Lipinski definition) is 2. The van der Waals surface area contributed by atoms with E-state index in [1.807, 2.05) is 5.38 Å². The lowest BCUT2D eigenvalue weighted by Crippen LogP contribution is -2.22. The number of amides is 2. The van der Waals surface area contributed by atoms with Crippen LogP contribution in [0.4, 0.5) is 5.13 Å². The summed E-state index contributed by atoms with van der Waals surface area (Å²) in [6.07, 6.45) is 2.02. The second kappa shape index (κ2) is 8.89. The molecule has 140 valence electrons. The third kappa shape index (κ3) is 5.22. The molecule has 2 aromatic rings. The Kier molecular flexibility index (Phi) is 6.57. The third-order valence-corrected chi connectivity index (χ3v) is 6.95. The van der Waals surface area contributed by atoms with Gasteiger partial charge in [-0.25, -0.2) is 4.98 Å². The molecule has 1 saturated heterocycles. The molecule has 8 nitrogen and oxygen atoms in total. The number of thiazole rings is 1. The van der Waals surface area contributed by atoms with Crippen molar-refractivity contribution in [2.24, 2.45) is 5.73 Å². The predicted molar refractivity (Wildman–Crippen MR) is 102 cm³/mol. The number of anilines is 1. The molecule has 3 N–H and O–H groups in total. The highest BCUT2D eigenvalue weighted by Gasteiger charge is 2.21. The maximum Gasteiger partial charge on any atom is 0.232 e. The summed E-state index contributed by atoms with van der Waals surface area (Å²) in [5.41, 5.74) is 5.90. The van der Waals surface area contributed by atoms with E-state index in [4.69, 9.17) is 10.5 Å². The van der Waals surface area contributed by atoms with Gasteiger partial charge in [-0.05, 0) is 19.8 Å². The maximum absolute atomic E-state index is 12.2. The number of nitrogens with one attached hydrogen (secondary N) is 1. The summed E-state index contributed by atoms with van der Waals surface area (Å²) in [4.78, 5) is 27.7. The Morgan fingerprint density at radius 2 is 2.19 bits per heavy atom. The van der Waals surface area contributed by atoms with Gasteiger partial charge in [0.1, 0.15) is 5.01 Å². The van der Waals surface area contributed by atoms with Crippen LogP contribution in [0.1, 0.15) is 36.4 Å². The molecule has 0 spiro atoms. The van der Waals surface area contributed by atoms with Crippen molar-refractivity contribution in [2.75, 3.05) is 18.5 Å². The number of rotatable bonds is 7. The van der Waals surface area contributed by atoms with Crippen molar-refractivity contribution in [1.82, 2.24) is 15.2 Å². The number of ether oxygens (including phenoxy) is 1. The van der Waals surface area contributed by atoms with Crippen molar-refractivity contribution in [2.45, 2.75) is 41.7 Å². The molecule has 1 unspecified atom stereocenters. The molecule has 0 radical (unpaired) electrons. The quantitative estimate of drug-likeness (QED) is 0.666. The molecule has 26 heavy (non-hydrogen) atoms. The first-order valence-corrected chi connectivity index (χ1v) is 10.7. The Hall–Kier alpha value is -1.56. The smallest absolute Gasteiger partial charge is 0.232 e. The van der Waals surface area contributed by atoms with Crippen molar-refractivity contribution in [1.29, 1.82) is 0 Å². The van der Waals surface area contributed by atoms with Crippen LogP contribution in [-0.2, 0) is 20.7 Å². The minimum atomic E-state index is -0.388. The number of hydrogen-bond acceptors (Lipinski definition) is 9. The van der Waals surface area contributed by atoms with Crippen molar-refractivity contribution in [3.05, 3.63) is 16.1 Å². The molecule has 3 heterocycles. The standard InChI is InChI=1S/C15H19N5O3S3/c1-8(12(16)22)25-15-17-10(7-24-15)6-11(21)18-14-20-19-13(26-14)9-2-4-23-5-3-9/h7-9H,2-6H2,1H3,(H2,16,22)(H,18,20,21). The lowest BCUT2D eigenvalue weighted by molar-refractivity contribution is -0.117. The van der Waals surface area contributed by atoms with E-state index in [0.29, 0.717) is 16.7 Å². The zero-order valence-electron chi connectivity index (χ0n) is 14.1. The predicted octanol–water partition coefficient (Wildman–Crippen LogP) is 2.04. The van der Waals surface area contributed by atoms with Gasteiger partial charge in [0.05, 0.1) is 17.4 Å². The van der Waals surface area contributed by atoms with E-state index in [1.54, 1.807) is 6.92 Å². The molecule has 1 atom stereocenters. The molecule has 0 bridgehead atoms. The van der Waals surface area contributed by atoms with Crippen molar-refractivity contribution < 1.29 is 14.3 Å². The SMILES string of the molecule is CC(Sc1nc(CC(=O)Nc2nnc(C3CCOCC3)s2)cs1)C(N)=O. The largest absolute Gasteiger partial charge is 0.381 e. The summed E-state index contributed by atoms with van der Waals surface area (Å²) in [6, 6.07) is 0. The molecular weight excluding hydrogens is 394 g/mol. The first-order valence-electron chi connectivity index (χ1n) is 8.12. The van der Waals surface area contributed by atoms with E-state index >= 15 is 0 Å². The fraction of sp³-hybridized carbons (Fsp3) is 0.533. The zero-order chi connectivity index (χ0) is 18.5. The summed E-state index contributed by atoms with van der Waals surface area (Å²) in [7, 11) is 0. The van der Waals surface area contributed by atoms with E-state index in [9.17, 15) is 9.59 Å². The monoisotopic (exact) mass is 413 g/mol. The number of nitrogens with two attached hydrogens (primary N) is 1. The highest BCUT2D eigenvalue weighted by molar-refractivity contribution is 8.02. The number of carbonyl (C=O) groups is 2. The molecule has 0 saturated carbocycles. The Labute approximate surface area is 162 Å². The Morgan fingerprint density at radius 3 is 2.92 bits per heavy atom. The van der Waals surface area contributed by atoms with E-state index < -0.39 is 0 Å².